The second-order valence-corrected chi connectivity index (χ2v) is 7.61. The molecule has 0 unspecified atom stereocenters. The number of hydrogen-bond acceptors (Lipinski definition) is 7. The zero-order valence-corrected chi connectivity index (χ0v) is 17.1. The zero-order chi connectivity index (χ0) is 21.2. The van der Waals surface area contributed by atoms with E-state index in [4.69, 9.17) is 13.9 Å². The molecule has 0 aromatic carbocycles. The number of carbonyl (C=O) groups is 1. The van der Waals surface area contributed by atoms with Crippen LogP contribution in [0, 0.1) is 6.92 Å². The number of aromatic nitrogens is 4. The summed E-state index contributed by atoms with van der Waals surface area (Å²) in [6.45, 7) is 3.15. The van der Waals surface area contributed by atoms with Gasteiger partial charge in [0, 0.05) is 49.2 Å². The highest BCUT2D eigenvalue weighted by Gasteiger charge is 2.29. The number of likely N-dealkylation sites (tertiary alicyclic amines) is 1. The Hall–Kier alpha value is -3.81. The van der Waals surface area contributed by atoms with Gasteiger partial charge in [-0.05, 0) is 44.0 Å². The monoisotopic (exact) mass is 415 g/mol. The molecule has 0 bridgehead atoms. The first-order valence-corrected chi connectivity index (χ1v) is 10.2. The first kappa shape index (κ1) is 19.2. The normalized spacial score (nSPS) is 14.7. The van der Waals surface area contributed by atoms with Crippen LogP contribution >= 0.6 is 0 Å². The molecule has 31 heavy (non-hydrogen) atoms. The van der Waals surface area contributed by atoms with E-state index in [1.165, 1.54) is 6.26 Å². The van der Waals surface area contributed by atoms with E-state index >= 15 is 0 Å². The van der Waals surface area contributed by atoms with Gasteiger partial charge in [0.25, 0.3) is 5.91 Å². The lowest BCUT2D eigenvalue weighted by Gasteiger charge is -2.31. The van der Waals surface area contributed by atoms with Gasteiger partial charge in [0.15, 0.2) is 17.3 Å². The summed E-state index contributed by atoms with van der Waals surface area (Å²) in [5.41, 5.74) is 3.41. The van der Waals surface area contributed by atoms with E-state index in [0.29, 0.717) is 30.4 Å². The van der Waals surface area contributed by atoms with E-state index in [1.54, 1.807) is 30.7 Å². The van der Waals surface area contributed by atoms with Gasteiger partial charge in [0.2, 0.25) is 0 Å². The van der Waals surface area contributed by atoms with Crippen molar-refractivity contribution in [3.63, 3.8) is 0 Å². The van der Waals surface area contributed by atoms with Crippen LogP contribution in [0.25, 0.3) is 22.7 Å². The van der Waals surface area contributed by atoms with E-state index in [1.807, 2.05) is 30.0 Å². The van der Waals surface area contributed by atoms with Gasteiger partial charge >= 0.3 is 0 Å². The van der Waals surface area contributed by atoms with Crippen molar-refractivity contribution in [2.75, 3.05) is 13.1 Å². The van der Waals surface area contributed by atoms with Crippen LogP contribution in [0.1, 0.15) is 40.7 Å². The molecular formula is C23H21N5O3. The molecule has 0 atom stereocenters. The molecule has 0 aliphatic carbocycles. The van der Waals surface area contributed by atoms with E-state index in [0.717, 1.165) is 35.4 Å². The van der Waals surface area contributed by atoms with Crippen molar-refractivity contribution in [3.05, 3.63) is 72.3 Å². The smallest absolute Gasteiger partial charge is 0.289 e. The number of carbonyl (C=O) groups excluding carboxylic acids is 1. The van der Waals surface area contributed by atoms with Gasteiger partial charge in [-0.1, -0.05) is 5.16 Å². The van der Waals surface area contributed by atoms with Crippen molar-refractivity contribution in [2.24, 2.45) is 0 Å². The lowest BCUT2D eigenvalue weighted by Crippen LogP contribution is -2.38. The van der Waals surface area contributed by atoms with Gasteiger partial charge in [-0.15, -0.1) is 0 Å². The Balaban J connectivity index is 1.45. The highest BCUT2D eigenvalue weighted by atomic mass is 16.5. The van der Waals surface area contributed by atoms with E-state index in [2.05, 4.69) is 15.1 Å². The van der Waals surface area contributed by atoms with Crippen LogP contribution in [0.2, 0.25) is 0 Å². The molecule has 1 aliphatic rings. The second kappa shape index (κ2) is 8.14. The van der Waals surface area contributed by atoms with Crippen LogP contribution in [0.5, 0.6) is 0 Å². The predicted molar refractivity (Wildman–Crippen MR) is 112 cm³/mol. The van der Waals surface area contributed by atoms with Gasteiger partial charge < -0.3 is 13.8 Å². The third kappa shape index (κ3) is 3.84. The lowest BCUT2D eigenvalue weighted by atomic mass is 9.90. The molecule has 1 saturated heterocycles. The van der Waals surface area contributed by atoms with Gasteiger partial charge in [0.05, 0.1) is 23.2 Å². The summed E-state index contributed by atoms with van der Waals surface area (Å²) >= 11 is 0. The largest absolute Gasteiger partial charge is 0.459 e. The van der Waals surface area contributed by atoms with Gasteiger partial charge in [-0.2, -0.15) is 0 Å². The average molecular weight is 415 g/mol. The standard InChI is InChI=1S/C23H21N5O3/c1-15-12-20(31-27-15)18-14-25-22(17-4-2-8-24-13-17)26-21(18)16-6-9-28(10-7-16)23(29)19-5-3-11-30-19/h2-5,8,11-14,16H,6-7,9-10H2,1H3. The Bertz CT molecular complexity index is 1180. The first-order chi connectivity index (χ1) is 15.2. The summed E-state index contributed by atoms with van der Waals surface area (Å²) in [6, 6.07) is 9.12. The first-order valence-electron chi connectivity index (χ1n) is 10.2. The number of amides is 1. The van der Waals surface area contributed by atoms with Crippen molar-refractivity contribution >= 4 is 5.91 Å². The fourth-order valence-electron chi connectivity index (χ4n) is 3.93. The van der Waals surface area contributed by atoms with Gasteiger partial charge in [0.1, 0.15) is 0 Å². The van der Waals surface area contributed by atoms with Crippen LogP contribution in [0.15, 0.2) is 64.1 Å². The number of furan rings is 1. The SMILES string of the molecule is Cc1cc(-c2cnc(-c3cccnc3)nc2C2CCN(C(=O)c3ccco3)CC2)on1. The summed E-state index contributed by atoms with van der Waals surface area (Å²) < 4.78 is 10.8. The molecule has 8 heteroatoms. The number of aryl methyl sites for hydroxylation is 1. The van der Waals surface area contributed by atoms with Crippen molar-refractivity contribution in [1.82, 2.24) is 25.0 Å². The molecule has 0 N–H and O–H groups in total. The highest BCUT2D eigenvalue weighted by molar-refractivity contribution is 5.91. The second-order valence-electron chi connectivity index (χ2n) is 7.61. The Morgan fingerprint density at radius 1 is 1.16 bits per heavy atom. The zero-order valence-electron chi connectivity index (χ0n) is 17.1. The van der Waals surface area contributed by atoms with Gasteiger partial charge in [-0.3, -0.25) is 9.78 Å². The molecule has 0 saturated carbocycles. The predicted octanol–water partition coefficient (Wildman–Crippen LogP) is 4.11. The Morgan fingerprint density at radius 2 is 2.03 bits per heavy atom. The number of piperidine rings is 1. The van der Waals surface area contributed by atoms with E-state index < -0.39 is 0 Å². The summed E-state index contributed by atoms with van der Waals surface area (Å²) in [4.78, 5) is 28.1. The quantitative estimate of drug-likeness (QED) is 0.494. The van der Waals surface area contributed by atoms with Crippen LogP contribution in [-0.2, 0) is 0 Å². The maximum absolute atomic E-state index is 12.6. The van der Waals surface area contributed by atoms with Crippen LogP contribution in [0.4, 0.5) is 0 Å². The van der Waals surface area contributed by atoms with Gasteiger partial charge in [-0.25, -0.2) is 9.97 Å². The molecule has 0 radical (unpaired) electrons. The Morgan fingerprint density at radius 3 is 2.71 bits per heavy atom. The minimum absolute atomic E-state index is 0.0757. The number of nitrogens with zero attached hydrogens (tertiary/aromatic N) is 5. The van der Waals surface area contributed by atoms with Crippen LogP contribution in [0.3, 0.4) is 0 Å². The summed E-state index contributed by atoms with van der Waals surface area (Å²) in [7, 11) is 0. The molecule has 0 spiro atoms. The lowest BCUT2D eigenvalue weighted by molar-refractivity contribution is 0.0680. The molecule has 156 valence electrons. The number of rotatable bonds is 4. The molecule has 1 fully saturated rings. The topological polar surface area (TPSA) is 98.2 Å². The molecule has 4 aromatic rings. The van der Waals surface area contributed by atoms with E-state index in [9.17, 15) is 4.79 Å². The van der Waals surface area contributed by atoms with Crippen LogP contribution < -0.4 is 0 Å². The molecule has 5 heterocycles. The van der Waals surface area contributed by atoms with Crippen LogP contribution in [-0.4, -0.2) is 44.0 Å². The Labute approximate surface area is 178 Å². The molecule has 8 nitrogen and oxygen atoms in total. The maximum atomic E-state index is 12.6. The third-order valence-corrected chi connectivity index (χ3v) is 5.53. The summed E-state index contributed by atoms with van der Waals surface area (Å²) in [5.74, 6) is 1.74. The minimum Gasteiger partial charge on any atom is -0.459 e. The fourth-order valence-corrected chi connectivity index (χ4v) is 3.93. The Kier molecular flexibility index (Phi) is 5.03. The minimum atomic E-state index is -0.0757. The summed E-state index contributed by atoms with van der Waals surface area (Å²) in [5, 5.41) is 4.02. The van der Waals surface area contributed by atoms with E-state index in [-0.39, 0.29) is 11.8 Å². The average Bonchev–Trinajstić information content (AvgIpc) is 3.51. The third-order valence-electron chi connectivity index (χ3n) is 5.53. The molecule has 4 aromatic heterocycles. The van der Waals surface area contributed by atoms with Crippen molar-refractivity contribution in [3.8, 4) is 22.7 Å². The van der Waals surface area contributed by atoms with Crippen molar-refractivity contribution < 1.29 is 13.7 Å². The number of pyridine rings is 1. The maximum Gasteiger partial charge on any atom is 0.289 e. The van der Waals surface area contributed by atoms with Crippen molar-refractivity contribution in [1.29, 1.82) is 0 Å². The molecular weight excluding hydrogens is 394 g/mol. The number of hydrogen-bond donors (Lipinski definition) is 0. The molecule has 5 rings (SSSR count). The highest BCUT2D eigenvalue weighted by Crippen LogP contribution is 2.35. The molecule has 1 aliphatic heterocycles. The fraction of sp³-hybridized carbons (Fsp3) is 0.261. The van der Waals surface area contributed by atoms with Crippen molar-refractivity contribution in [2.45, 2.75) is 25.7 Å². The summed E-state index contributed by atoms with van der Waals surface area (Å²) in [6.07, 6.45) is 8.37. The molecule has 1 amide bonds.